The Morgan fingerprint density at radius 3 is 2.55 bits per heavy atom. The van der Waals surface area contributed by atoms with Gasteiger partial charge in [-0.2, -0.15) is 0 Å². The van der Waals surface area contributed by atoms with Crippen LogP contribution < -0.4 is 10.6 Å². The third-order valence-corrected chi connectivity index (χ3v) is 3.78. The molecule has 0 aromatic rings. The molecule has 1 unspecified atom stereocenters. The van der Waals surface area contributed by atoms with Gasteiger partial charge < -0.3 is 20.6 Å². The summed E-state index contributed by atoms with van der Waals surface area (Å²) in [6.07, 6.45) is -0.386. The predicted molar refractivity (Wildman–Crippen MR) is 72.7 cm³/mol. The topological polar surface area (TPSA) is 98.7 Å². The molecule has 1 fully saturated rings. The Hall–Kier alpha value is -1.63. The van der Waals surface area contributed by atoms with E-state index in [9.17, 15) is 19.5 Å². The fourth-order valence-corrected chi connectivity index (χ4v) is 2.58. The first-order chi connectivity index (χ1) is 9.23. The summed E-state index contributed by atoms with van der Waals surface area (Å²) in [5.74, 6) is -0.907. The number of hydrogen-bond donors (Lipinski definition) is 3. The van der Waals surface area contributed by atoms with E-state index in [0.29, 0.717) is 13.0 Å². The van der Waals surface area contributed by atoms with Crippen molar-refractivity contribution in [3.05, 3.63) is 0 Å². The molecule has 0 aromatic heterocycles. The Balaban J connectivity index is 2.93. The Morgan fingerprint density at radius 1 is 1.50 bits per heavy atom. The van der Waals surface area contributed by atoms with Crippen molar-refractivity contribution in [2.75, 3.05) is 20.6 Å². The van der Waals surface area contributed by atoms with Crippen molar-refractivity contribution in [2.24, 2.45) is 5.41 Å². The average molecular weight is 285 g/mol. The molecule has 1 aliphatic heterocycles. The molecule has 0 aliphatic carbocycles. The van der Waals surface area contributed by atoms with Crippen molar-refractivity contribution in [3.63, 3.8) is 0 Å². The molecular weight excluding hydrogens is 262 g/mol. The molecule has 3 atom stereocenters. The zero-order valence-corrected chi connectivity index (χ0v) is 12.4. The summed E-state index contributed by atoms with van der Waals surface area (Å²) in [6.45, 7) is 3.61. The largest absolute Gasteiger partial charge is 0.391 e. The zero-order chi connectivity index (χ0) is 15.5. The van der Waals surface area contributed by atoms with Crippen LogP contribution in [0, 0.1) is 5.41 Å². The van der Waals surface area contributed by atoms with Crippen LogP contribution in [0.15, 0.2) is 0 Å². The lowest BCUT2D eigenvalue weighted by molar-refractivity contribution is -0.153. The van der Waals surface area contributed by atoms with Crippen LogP contribution >= 0.6 is 0 Å². The molecule has 7 nitrogen and oxygen atoms in total. The van der Waals surface area contributed by atoms with Crippen LogP contribution in [0.4, 0.5) is 0 Å². The number of aliphatic hydroxyl groups is 1. The lowest BCUT2D eigenvalue weighted by Gasteiger charge is -2.38. The van der Waals surface area contributed by atoms with Crippen molar-refractivity contribution in [1.82, 2.24) is 15.5 Å². The average Bonchev–Trinajstić information content (AvgIpc) is 2.36. The molecule has 20 heavy (non-hydrogen) atoms. The first-order valence-electron chi connectivity index (χ1n) is 6.66. The summed E-state index contributed by atoms with van der Waals surface area (Å²) in [4.78, 5) is 37.1. The molecule has 1 rings (SSSR count). The lowest BCUT2D eigenvalue weighted by Crippen LogP contribution is -2.57. The minimum atomic E-state index is -0.995. The Kier molecular flexibility index (Phi) is 5.10. The number of nitrogens with zero attached hydrogens (tertiary/aromatic N) is 1. The molecule has 0 saturated carbocycles. The van der Waals surface area contributed by atoms with Gasteiger partial charge in [0.15, 0.2) is 0 Å². The van der Waals surface area contributed by atoms with Crippen LogP contribution in [0.2, 0.25) is 0 Å². The summed E-state index contributed by atoms with van der Waals surface area (Å²) in [6, 6.07) is -0.964. The molecule has 3 amide bonds. The van der Waals surface area contributed by atoms with Crippen LogP contribution in [0.25, 0.3) is 0 Å². The Morgan fingerprint density at radius 2 is 2.10 bits per heavy atom. The van der Waals surface area contributed by atoms with Crippen LogP contribution in [0.3, 0.4) is 0 Å². The molecule has 114 valence electrons. The van der Waals surface area contributed by atoms with Gasteiger partial charge in [-0.05, 0) is 13.3 Å². The van der Waals surface area contributed by atoms with Crippen molar-refractivity contribution < 1.29 is 19.5 Å². The minimum Gasteiger partial charge on any atom is -0.391 e. The maximum Gasteiger partial charge on any atom is 0.245 e. The van der Waals surface area contributed by atoms with E-state index >= 15 is 0 Å². The molecule has 7 heteroatoms. The van der Waals surface area contributed by atoms with E-state index in [-0.39, 0.29) is 18.2 Å². The monoisotopic (exact) mass is 285 g/mol. The summed E-state index contributed by atoms with van der Waals surface area (Å²) >= 11 is 0. The fraction of sp³-hybridized carbons (Fsp3) is 0.769. The summed E-state index contributed by atoms with van der Waals surface area (Å²) in [5, 5.41) is 14.8. The highest BCUT2D eigenvalue weighted by Crippen LogP contribution is 2.31. The molecule has 0 spiro atoms. The molecule has 0 aromatic carbocycles. The van der Waals surface area contributed by atoms with Crippen LogP contribution in [0.1, 0.15) is 26.7 Å². The van der Waals surface area contributed by atoms with Crippen LogP contribution in [0.5, 0.6) is 0 Å². The van der Waals surface area contributed by atoms with E-state index in [0.717, 1.165) is 0 Å². The molecule has 0 bridgehead atoms. The molecular formula is C13H23N3O4. The van der Waals surface area contributed by atoms with E-state index in [2.05, 4.69) is 10.6 Å². The number of carbonyl (C=O) groups excluding carboxylic acids is 3. The van der Waals surface area contributed by atoms with Crippen molar-refractivity contribution in [3.8, 4) is 0 Å². The van der Waals surface area contributed by atoms with Gasteiger partial charge in [0.2, 0.25) is 17.7 Å². The first kappa shape index (κ1) is 16.4. The van der Waals surface area contributed by atoms with Gasteiger partial charge in [-0.1, -0.05) is 6.92 Å². The second kappa shape index (κ2) is 6.21. The van der Waals surface area contributed by atoms with Crippen molar-refractivity contribution in [1.29, 1.82) is 0 Å². The SMILES string of the molecule is CNC(=O)[C@H]([C@@H](C)O)N(C)C(=O)C1(C)CCNC(=O)C1. The number of amides is 3. The maximum atomic E-state index is 12.6. The van der Waals surface area contributed by atoms with Crippen molar-refractivity contribution >= 4 is 17.7 Å². The van der Waals surface area contributed by atoms with E-state index in [1.165, 1.54) is 25.9 Å². The first-order valence-corrected chi connectivity index (χ1v) is 6.66. The molecule has 1 saturated heterocycles. The van der Waals surface area contributed by atoms with E-state index in [1.807, 2.05) is 0 Å². The molecule has 1 heterocycles. The van der Waals surface area contributed by atoms with Gasteiger partial charge in [0.05, 0.1) is 11.5 Å². The number of carbonyl (C=O) groups is 3. The maximum absolute atomic E-state index is 12.6. The quantitative estimate of drug-likeness (QED) is 0.608. The van der Waals surface area contributed by atoms with E-state index < -0.39 is 23.5 Å². The Bertz CT molecular complexity index is 410. The zero-order valence-electron chi connectivity index (χ0n) is 12.4. The lowest BCUT2D eigenvalue weighted by atomic mass is 9.79. The third kappa shape index (κ3) is 3.27. The number of hydrogen-bond acceptors (Lipinski definition) is 4. The molecule has 3 N–H and O–H groups in total. The number of likely N-dealkylation sites (N-methyl/N-ethyl adjacent to an activating group) is 2. The van der Waals surface area contributed by atoms with Gasteiger partial charge in [-0.3, -0.25) is 14.4 Å². The normalized spacial score (nSPS) is 25.4. The number of piperidine rings is 1. The predicted octanol–water partition coefficient (Wildman–Crippen LogP) is -1.14. The van der Waals surface area contributed by atoms with Crippen LogP contribution in [-0.4, -0.2) is 60.5 Å². The van der Waals surface area contributed by atoms with Gasteiger partial charge in [0.1, 0.15) is 6.04 Å². The van der Waals surface area contributed by atoms with E-state index in [4.69, 9.17) is 0 Å². The van der Waals surface area contributed by atoms with Crippen molar-refractivity contribution in [2.45, 2.75) is 38.8 Å². The van der Waals surface area contributed by atoms with Gasteiger partial charge in [0, 0.05) is 27.1 Å². The number of aliphatic hydroxyl groups excluding tert-OH is 1. The van der Waals surface area contributed by atoms with Gasteiger partial charge in [-0.15, -0.1) is 0 Å². The fourth-order valence-electron chi connectivity index (χ4n) is 2.58. The highest BCUT2D eigenvalue weighted by molar-refractivity contribution is 5.93. The summed E-state index contributed by atoms with van der Waals surface area (Å²) in [7, 11) is 2.93. The van der Waals surface area contributed by atoms with Gasteiger partial charge in [0.25, 0.3) is 0 Å². The molecule has 0 radical (unpaired) electrons. The second-order valence-electron chi connectivity index (χ2n) is 5.55. The standard InChI is InChI=1S/C13H23N3O4/c1-8(17)10(11(19)14-3)16(4)12(20)13(2)5-6-15-9(18)7-13/h8,10,17H,5-7H2,1-4H3,(H,14,19)(H,15,18)/t8-,10+,13?/m1/s1. The smallest absolute Gasteiger partial charge is 0.245 e. The Labute approximate surface area is 118 Å². The van der Waals surface area contributed by atoms with Gasteiger partial charge in [-0.25, -0.2) is 0 Å². The minimum absolute atomic E-state index is 0.0937. The third-order valence-electron chi connectivity index (χ3n) is 3.78. The van der Waals surface area contributed by atoms with Gasteiger partial charge >= 0.3 is 0 Å². The summed E-state index contributed by atoms with van der Waals surface area (Å²) in [5.41, 5.74) is -0.835. The highest BCUT2D eigenvalue weighted by atomic mass is 16.3. The highest BCUT2D eigenvalue weighted by Gasteiger charge is 2.43. The van der Waals surface area contributed by atoms with Crippen LogP contribution in [-0.2, 0) is 14.4 Å². The number of rotatable bonds is 4. The second-order valence-corrected chi connectivity index (χ2v) is 5.55. The number of nitrogens with one attached hydrogen (secondary N) is 2. The van der Waals surface area contributed by atoms with E-state index in [1.54, 1.807) is 6.92 Å². The molecule has 1 aliphatic rings. The summed E-state index contributed by atoms with van der Waals surface area (Å²) < 4.78 is 0.